The second-order valence-corrected chi connectivity index (χ2v) is 4.37. The summed E-state index contributed by atoms with van der Waals surface area (Å²) in [5.41, 5.74) is 3.53. The Kier molecular flexibility index (Phi) is 4.49. The number of anilines is 1. The molecule has 1 unspecified atom stereocenters. The van der Waals surface area contributed by atoms with E-state index in [1.165, 1.54) is 6.20 Å². The zero-order valence-electron chi connectivity index (χ0n) is 10.2. The number of carbonyl (C=O) groups excluding carboxylic acids is 1. The minimum atomic E-state index is -0.163. The van der Waals surface area contributed by atoms with Crippen LogP contribution >= 0.6 is 0 Å². The lowest BCUT2D eigenvalue weighted by atomic mass is 10.0. The number of ether oxygens (including phenoxy) is 1. The van der Waals surface area contributed by atoms with E-state index < -0.39 is 0 Å². The lowest BCUT2D eigenvalue weighted by Crippen LogP contribution is -2.33. The highest BCUT2D eigenvalue weighted by Gasteiger charge is 2.15. The van der Waals surface area contributed by atoms with Crippen LogP contribution in [0.5, 0.6) is 0 Å². The van der Waals surface area contributed by atoms with E-state index in [2.05, 4.69) is 15.7 Å². The lowest BCUT2D eigenvalue weighted by molar-refractivity contribution is 0.0535. The predicted octanol–water partition coefficient (Wildman–Crippen LogP) is 0.524. The molecule has 1 fully saturated rings. The highest BCUT2D eigenvalue weighted by atomic mass is 16.5. The number of pyridine rings is 1. The third-order valence-electron chi connectivity index (χ3n) is 2.97. The second kappa shape index (κ2) is 6.32. The summed E-state index contributed by atoms with van der Waals surface area (Å²) in [4.78, 5) is 15.8. The number of carbonyl (C=O) groups is 1. The Morgan fingerprint density at radius 2 is 2.44 bits per heavy atom. The number of aromatic nitrogens is 1. The molecule has 18 heavy (non-hydrogen) atoms. The molecule has 0 aliphatic carbocycles. The van der Waals surface area contributed by atoms with E-state index in [4.69, 9.17) is 10.6 Å². The third kappa shape index (κ3) is 3.41. The van der Waals surface area contributed by atoms with Crippen LogP contribution in [0.1, 0.15) is 23.3 Å². The maximum absolute atomic E-state index is 11.8. The van der Waals surface area contributed by atoms with Gasteiger partial charge in [0.25, 0.3) is 5.91 Å². The van der Waals surface area contributed by atoms with E-state index >= 15 is 0 Å². The van der Waals surface area contributed by atoms with Gasteiger partial charge in [-0.05, 0) is 30.9 Å². The molecule has 1 aliphatic heterocycles. The number of nitrogen functional groups attached to an aromatic ring is 1. The fourth-order valence-electron chi connectivity index (χ4n) is 1.91. The van der Waals surface area contributed by atoms with Crippen LogP contribution in [0.4, 0.5) is 5.69 Å². The van der Waals surface area contributed by atoms with Crippen LogP contribution in [-0.2, 0) is 4.74 Å². The first-order valence-electron chi connectivity index (χ1n) is 6.08. The molecule has 0 bridgehead atoms. The van der Waals surface area contributed by atoms with Gasteiger partial charge in [-0.3, -0.25) is 10.6 Å². The minimum Gasteiger partial charge on any atom is -0.381 e. The van der Waals surface area contributed by atoms with Crippen molar-refractivity contribution < 1.29 is 9.53 Å². The summed E-state index contributed by atoms with van der Waals surface area (Å²) in [6.07, 6.45) is 3.69. The van der Waals surface area contributed by atoms with Crippen molar-refractivity contribution in [3.05, 3.63) is 24.0 Å². The van der Waals surface area contributed by atoms with Crippen molar-refractivity contribution in [3.8, 4) is 0 Å². The van der Waals surface area contributed by atoms with Crippen LogP contribution in [-0.4, -0.2) is 30.6 Å². The van der Waals surface area contributed by atoms with Gasteiger partial charge in [-0.2, -0.15) is 0 Å². The smallest absolute Gasteiger partial charge is 0.269 e. The van der Waals surface area contributed by atoms with E-state index in [0.29, 0.717) is 23.8 Å². The topological polar surface area (TPSA) is 89.3 Å². The Labute approximate surface area is 106 Å². The monoisotopic (exact) mass is 250 g/mol. The van der Waals surface area contributed by atoms with Crippen LogP contribution in [0.15, 0.2) is 18.3 Å². The van der Waals surface area contributed by atoms with Crippen molar-refractivity contribution in [1.29, 1.82) is 0 Å². The molecule has 2 heterocycles. The van der Waals surface area contributed by atoms with Gasteiger partial charge >= 0.3 is 0 Å². The van der Waals surface area contributed by atoms with Crippen LogP contribution in [0.25, 0.3) is 0 Å². The van der Waals surface area contributed by atoms with Crippen molar-refractivity contribution in [2.24, 2.45) is 11.8 Å². The number of hydrogen-bond acceptors (Lipinski definition) is 5. The Balaban J connectivity index is 1.82. The van der Waals surface area contributed by atoms with Crippen molar-refractivity contribution in [2.75, 3.05) is 25.2 Å². The zero-order chi connectivity index (χ0) is 12.8. The summed E-state index contributed by atoms with van der Waals surface area (Å²) < 4.78 is 5.36. The number of amides is 1. The highest BCUT2D eigenvalue weighted by Crippen LogP contribution is 2.12. The molecule has 1 saturated heterocycles. The van der Waals surface area contributed by atoms with Crippen molar-refractivity contribution in [3.63, 3.8) is 0 Å². The normalized spacial score (nSPS) is 19.3. The zero-order valence-corrected chi connectivity index (χ0v) is 10.2. The Bertz CT molecular complexity index is 388. The Morgan fingerprint density at radius 3 is 3.06 bits per heavy atom. The van der Waals surface area contributed by atoms with Gasteiger partial charge in [-0.1, -0.05) is 0 Å². The van der Waals surface area contributed by atoms with Gasteiger partial charge in [0.1, 0.15) is 5.69 Å². The average molecular weight is 250 g/mol. The van der Waals surface area contributed by atoms with Crippen molar-refractivity contribution >= 4 is 11.6 Å². The van der Waals surface area contributed by atoms with Crippen LogP contribution in [0, 0.1) is 5.92 Å². The Morgan fingerprint density at radius 1 is 1.56 bits per heavy atom. The van der Waals surface area contributed by atoms with Gasteiger partial charge in [0.15, 0.2) is 0 Å². The van der Waals surface area contributed by atoms with Crippen LogP contribution in [0.2, 0.25) is 0 Å². The fraction of sp³-hybridized carbons (Fsp3) is 0.500. The largest absolute Gasteiger partial charge is 0.381 e. The van der Waals surface area contributed by atoms with E-state index in [-0.39, 0.29) is 5.91 Å². The molecule has 4 N–H and O–H groups in total. The summed E-state index contributed by atoms with van der Waals surface area (Å²) in [6.45, 7) is 2.20. The number of nitrogens with two attached hydrogens (primary N) is 1. The minimum absolute atomic E-state index is 0.163. The van der Waals surface area contributed by atoms with Crippen LogP contribution in [0.3, 0.4) is 0 Å². The summed E-state index contributed by atoms with van der Waals surface area (Å²) in [5.74, 6) is 5.47. The molecular weight excluding hydrogens is 232 g/mol. The van der Waals surface area contributed by atoms with Gasteiger partial charge < -0.3 is 15.5 Å². The van der Waals surface area contributed by atoms with E-state index in [9.17, 15) is 4.79 Å². The van der Waals surface area contributed by atoms with E-state index in [1.807, 2.05) is 0 Å². The lowest BCUT2D eigenvalue weighted by Gasteiger charge is -2.22. The molecule has 1 aliphatic rings. The summed E-state index contributed by atoms with van der Waals surface area (Å²) in [7, 11) is 0. The van der Waals surface area contributed by atoms with E-state index in [1.54, 1.807) is 12.1 Å². The first-order valence-corrected chi connectivity index (χ1v) is 6.08. The van der Waals surface area contributed by atoms with Gasteiger partial charge in [0, 0.05) is 13.2 Å². The summed E-state index contributed by atoms with van der Waals surface area (Å²) in [5, 5.41) is 2.87. The number of hydrazine groups is 1. The molecule has 0 aromatic carbocycles. The number of hydrogen-bond donors (Lipinski definition) is 3. The molecule has 1 aromatic heterocycles. The summed E-state index contributed by atoms with van der Waals surface area (Å²) >= 11 is 0. The molecular formula is C12H18N4O2. The first kappa shape index (κ1) is 12.8. The van der Waals surface area contributed by atoms with Gasteiger partial charge in [-0.15, -0.1) is 0 Å². The highest BCUT2D eigenvalue weighted by molar-refractivity contribution is 5.92. The maximum atomic E-state index is 11.8. The van der Waals surface area contributed by atoms with E-state index in [0.717, 1.165) is 26.1 Å². The maximum Gasteiger partial charge on any atom is 0.269 e. The molecule has 0 spiro atoms. The SMILES string of the molecule is NNc1ccc(C(=O)NCC2CCCOC2)nc1. The molecule has 6 nitrogen and oxygen atoms in total. The molecule has 6 heteroatoms. The molecule has 1 amide bonds. The molecule has 0 saturated carbocycles. The van der Waals surface area contributed by atoms with Crippen molar-refractivity contribution in [1.82, 2.24) is 10.3 Å². The number of nitrogens with zero attached hydrogens (tertiary/aromatic N) is 1. The Hall–Kier alpha value is -1.66. The molecule has 0 radical (unpaired) electrons. The number of nitrogens with one attached hydrogen (secondary N) is 2. The predicted molar refractivity (Wildman–Crippen MR) is 67.9 cm³/mol. The number of rotatable bonds is 4. The van der Waals surface area contributed by atoms with Gasteiger partial charge in [0.2, 0.25) is 0 Å². The molecule has 98 valence electrons. The summed E-state index contributed by atoms with van der Waals surface area (Å²) in [6, 6.07) is 3.35. The average Bonchev–Trinajstić information content (AvgIpc) is 2.46. The van der Waals surface area contributed by atoms with Gasteiger partial charge in [-0.25, -0.2) is 4.98 Å². The molecule has 1 aromatic rings. The van der Waals surface area contributed by atoms with Crippen molar-refractivity contribution in [2.45, 2.75) is 12.8 Å². The standard InChI is InChI=1S/C12H18N4O2/c13-16-10-3-4-11(14-7-10)12(17)15-6-9-2-1-5-18-8-9/h3-4,7,9,16H,1-2,5-6,8,13H2,(H,15,17). The third-order valence-corrected chi connectivity index (χ3v) is 2.97. The van der Waals surface area contributed by atoms with Crippen LogP contribution < -0.4 is 16.6 Å². The second-order valence-electron chi connectivity index (χ2n) is 4.37. The fourth-order valence-corrected chi connectivity index (χ4v) is 1.91. The molecule has 2 rings (SSSR count). The first-order chi connectivity index (χ1) is 8.79. The van der Waals surface area contributed by atoms with Gasteiger partial charge in [0.05, 0.1) is 18.5 Å². The molecule has 1 atom stereocenters. The quantitative estimate of drug-likeness (QED) is 0.535.